The van der Waals surface area contributed by atoms with E-state index in [4.69, 9.17) is 42.1 Å². The van der Waals surface area contributed by atoms with E-state index in [2.05, 4.69) is 0 Å². The zero-order valence-electron chi connectivity index (χ0n) is 23.0. The zero-order valence-corrected chi connectivity index (χ0v) is 24.5. The van der Waals surface area contributed by atoms with Gasteiger partial charge in [-0.05, 0) is 64.7 Å². The molecule has 0 aliphatic carbocycles. The number of cyclic esters (lactones) is 1. The number of halogens is 2. The predicted molar refractivity (Wildman–Crippen MR) is 146 cm³/mol. The lowest BCUT2D eigenvalue weighted by Crippen LogP contribution is -2.43. The van der Waals surface area contributed by atoms with Crippen LogP contribution in [0.1, 0.15) is 81.1 Å². The highest BCUT2D eigenvalue weighted by Gasteiger charge is 2.34. The summed E-state index contributed by atoms with van der Waals surface area (Å²) in [6.07, 6.45) is -1.03. The summed E-state index contributed by atoms with van der Waals surface area (Å²) in [6, 6.07) is 2.88. The summed E-state index contributed by atoms with van der Waals surface area (Å²) in [4.78, 5) is 28.0. The normalized spacial score (nSPS) is 13.8. The molecule has 1 aliphatic heterocycles. The Morgan fingerprint density at radius 2 is 1.71 bits per heavy atom. The smallest absolute Gasteiger partial charge is 0.415 e. The van der Waals surface area contributed by atoms with Crippen molar-refractivity contribution in [3.63, 3.8) is 0 Å². The van der Waals surface area contributed by atoms with Crippen LogP contribution in [-0.4, -0.2) is 41.3 Å². The van der Waals surface area contributed by atoms with Gasteiger partial charge in [0.05, 0.1) is 28.8 Å². The van der Waals surface area contributed by atoms with Crippen LogP contribution in [0.4, 0.5) is 4.79 Å². The van der Waals surface area contributed by atoms with Gasteiger partial charge in [-0.3, -0.25) is 0 Å². The first kappa shape index (κ1) is 29.9. The molecule has 2 aromatic rings. The quantitative estimate of drug-likeness (QED) is 0.346. The number of hydrogen-bond donors (Lipinski definition) is 1. The Balaban J connectivity index is 2.20. The van der Waals surface area contributed by atoms with E-state index in [1.807, 2.05) is 41.5 Å². The lowest BCUT2D eigenvalue weighted by molar-refractivity contribution is 0.0453. The van der Waals surface area contributed by atoms with Gasteiger partial charge in [0.1, 0.15) is 23.7 Å². The highest BCUT2D eigenvalue weighted by Crippen LogP contribution is 2.50. The second-order valence-electron chi connectivity index (χ2n) is 10.2. The van der Waals surface area contributed by atoms with Gasteiger partial charge in [-0.1, -0.05) is 37.0 Å². The molecule has 0 radical (unpaired) electrons. The van der Waals surface area contributed by atoms with Crippen LogP contribution in [0.15, 0.2) is 12.1 Å². The number of aliphatic hydroxyl groups excluding tert-OH is 1. The number of carbonyl (C=O) groups excluding carboxylic acids is 2. The van der Waals surface area contributed by atoms with Crippen molar-refractivity contribution in [2.45, 2.75) is 79.7 Å². The van der Waals surface area contributed by atoms with E-state index in [1.54, 1.807) is 17.9 Å². The van der Waals surface area contributed by atoms with Crippen LogP contribution >= 0.6 is 23.2 Å². The molecule has 0 fully saturated rings. The van der Waals surface area contributed by atoms with Crippen molar-refractivity contribution in [2.75, 3.05) is 7.11 Å². The molecule has 2 aromatic carbocycles. The van der Waals surface area contributed by atoms with Crippen molar-refractivity contribution >= 4 is 35.3 Å². The van der Waals surface area contributed by atoms with Gasteiger partial charge in [0.2, 0.25) is 0 Å². The fraction of sp³-hybridized carbons (Fsp3) is 0.500. The Kier molecular flexibility index (Phi) is 9.44. The van der Waals surface area contributed by atoms with Gasteiger partial charge in [0, 0.05) is 17.6 Å². The average molecular weight is 568 g/mol. The molecule has 3 rings (SSSR count). The van der Waals surface area contributed by atoms with E-state index >= 15 is 0 Å². The number of hydrogen-bond acceptors (Lipinski definition) is 7. The Hall–Kier alpha value is -2.68. The van der Waals surface area contributed by atoms with E-state index in [-0.39, 0.29) is 63.2 Å². The fourth-order valence-corrected chi connectivity index (χ4v) is 5.05. The van der Waals surface area contributed by atoms with Crippen molar-refractivity contribution in [1.82, 2.24) is 4.90 Å². The molecular weight excluding hydrogens is 533 g/mol. The van der Waals surface area contributed by atoms with Crippen LogP contribution in [0.25, 0.3) is 0 Å². The third-order valence-electron chi connectivity index (χ3n) is 6.29. The summed E-state index contributed by atoms with van der Waals surface area (Å²) in [7, 11) is 1.40. The molecule has 10 heteroatoms. The standard InChI is InChI=1S/C28H35Cl2NO7/c1-13(2)11-19(32)17-9-10-20-21(24(17)35-8)27(33)36-12-18-22(29)16(7)23(30)26(25(18)37-20)38-28(34)31(14(3)4)15(5)6/h9-10,13-15,19,32H,11-12H2,1-8H3/t19-/m0/s1. The van der Waals surface area contributed by atoms with Crippen LogP contribution in [0.3, 0.4) is 0 Å². The molecular formula is C28H35Cl2NO7. The molecule has 0 saturated carbocycles. The molecule has 0 saturated heterocycles. The topological polar surface area (TPSA) is 94.5 Å². The number of carbonyl (C=O) groups is 2. The lowest BCUT2D eigenvalue weighted by Gasteiger charge is -2.30. The predicted octanol–water partition coefficient (Wildman–Crippen LogP) is 7.47. The monoisotopic (exact) mass is 567 g/mol. The second kappa shape index (κ2) is 12.0. The molecule has 8 nitrogen and oxygen atoms in total. The van der Waals surface area contributed by atoms with Gasteiger partial charge in [0.15, 0.2) is 11.5 Å². The first-order chi connectivity index (χ1) is 17.8. The molecule has 1 atom stereocenters. The highest BCUT2D eigenvalue weighted by atomic mass is 35.5. The fourth-order valence-electron chi connectivity index (χ4n) is 4.55. The zero-order chi connectivity index (χ0) is 28.5. The molecule has 208 valence electrons. The minimum absolute atomic E-state index is 0.00506. The molecule has 0 bridgehead atoms. The molecule has 0 unspecified atom stereocenters. The number of nitrogens with zero attached hydrogens (tertiary/aromatic N) is 1. The number of benzene rings is 2. The summed E-state index contributed by atoms with van der Waals surface area (Å²) in [5.74, 6) is -0.282. The number of amides is 1. The summed E-state index contributed by atoms with van der Waals surface area (Å²) >= 11 is 13.2. The number of ether oxygens (including phenoxy) is 4. The van der Waals surface area contributed by atoms with E-state index in [1.165, 1.54) is 13.2 Å². The summed E-state index contributed by atoms with van der Waals surface area (Å²) in [5.41, 5.74) is 1.17. The first-order valence-electron chi connectivity index (χ1n) is 12.5. The Bertz CT molecular complexity index is 1220. The number of aliphatic hydroxyl groups is 1. The first-order valence-corrected chi connectivity index (χ1v) is 13.3. The van der Waals surface area contributed by atoms with Gasteiger partial charge in [-0.15, -0.1) is 0 Å². The van der Waals surface area contributed by atoms with Crippen LogP contribution in [0, 0.1) is 12.8 Å². The molecule has 38 heavy (non-hydrogen) atoms. The number of fused-ring (bicyclic) bond motifs is 2. The summed E-state index contributed by atoms with van der Waals surface area (Å²) in [5, 5.41) is 11.1. The van der Waals surface area contributed by atoms with Crippen LogP contribution in [0.5, 0.6) is 23.0 Å². The lowest BCUT2D eigenvalue weighted by atomic mass is 9.96. The molecule has 1 N–H and O–H groups in total. The third kappa shape index (κ3) is 5.82. The Labute approximate surface area is 233 Å². The Morgan fingerprint density at radius 3 is 2.26 bits per heavy atom. The number of esters is 1. The number of rotatable bonds is 7. The third-order valence-corrected chi connectivity index (χ3v) is 7.25. The molecule has 0 aromatic heterocycles. The van der Waals surface area contributed by atoms with Gasteiger partial charge >= 0.3 is 12.1 Å². The van der Waals surface area contributed by atoms with Crippen LogP contribution in [-0.2, 0) is 11.3 Å². The highest BCUT2D eigenvalue weighted by molar-refractivity contribution is 6.38. The van der Waals surface area contributed by atoms with Gasteiger partial charge in [-0.25, -0.2) is 9.59 Å². The van der Waals surface area contributed by atoms with Crippen molar-refractivity contribution < 1.29 is 33.6 Å². The SMILES string of the molecule is COc1c([C@@H](O)CC(C)C)ccc2c1C(=O)OCc1c(Cl)c(C)c(Cl)c(OC(=O)N(C(C)C)C(C)C)c1O2. The van der Waals surface area contributed by atoms with E-state index in [0.717, 1.165) is 0 Å². The maximum atomic E-state index is 13.2. The van der Waals surface area contributed by atoms with Crippen molar-refractivity contribution in [1.29, 1.82) is 0 Å². The Morgan fingerprint density at radius 1 is 1.08 bits per heavy atom. The molecule has 1 amide bonds. The summed E-state index contributed by atoms with van der Waals surface area (Å²) in [6.45, 7) is 12.9. The van der Waals surface area contributed by atoms with Crippen LogP contribution in [0.2, 0.25) is 10.0 Å². The maximum Gasteiger partial charge on any atom is 0.415 e. The van der Waals surface area contributed by atoms with Crippen molar-refractivity contribution in [2.24, 2.45) is 5.92 Å². The maximum absolute atomic E-state index is 13.2. The van der Waals surface area contributed by atoms with Gasteiger partial charge in [-0.2, -0.15) is 0 Å². The van der Waals surface area contributed by atoms with Crippen molar-refractivity contribution in [3.05, 3.63) is 44.4 Å². The molecule has 1 aliphatic rings. The average Bonchev–Trinajstić information content (AvgIpc) is 2.82. The minimum Gasteiger partial charge on any atom is -0.495 e. The summed E-state index contributed by atoms with van der Waals surface area (Å²) < 4.78 is 23.2. The number of methoxy groups -OCH3 is 1. The minimum atomic E-state index is -0.873. The molecule has 1 heterocycles. The van der Waals surface area contributed by atoms with E-state index in [9.17, 15) is 14.7 Å². The van der Waals surface area contributed by atoms with E-state index < -0.39 is 18.2 Å². The largest absolute Gasteiger partial charge is 0.495 e. The van der Waals surface area contributed by atoms with Crippen molar-refractivity contribution in [3.8, 4) is 23.0 Å². The second-order valence-corrected chi connectivity index (χ2v) is 11.0. The van der Waals surface area contributed by atoms with Gasteiger partial charge < -0.3 is 29.0 Å². The van der Waals surface area contributed by atoms with E-state index in [0.29, 0.717) is 23.1 Å². The molecule has 0 spiro atoms. The van der Waals surface area contributed by atoms with Gasteiger partial charge in [0.25, 0.3) is 0 Å². The van der Waals surface area contributed by atoms with Crippen LogP contribution < -0.4 is 14.2 Å².